The maximum atomic E-state index is 12.0. The molecule has 3 heteroatoms. The van der Waals surface area contributed by atoms with Gasteiger partial charge < -0.3 is 10.6 Å². The summed E-state index contributed by atoms with van der Waals surface area (Å²) in [6.45, 7) is 8.22. The number of nitrogens with zero attached hydrogens (tertiary/aromatic N) is 1. The molecule has 0 aliphatic carbocycles. The fourth-order valence-electron chi connectivity index (χ4n) is 1.64. The van der Waals surface area contributed by atoms with Crippen LogP contribution < -0.4 is 5.73 Å². The molecule has 0 bridgehead atoms. The van der Waals surface area contributed by atoms with Gasteiger partial charge in [-0.05, 0) is 19.4 Å². The first-order valence-electron chi connectivity index (χ1n) is 5.63. The lowest BCUT2D eigenvalue weighted by atomic mass is 10.0. The SMILES string of the molecule is C=C(C)CN(C)C(=O)C(N)c1ccc(C)cc1. The lowest BCUT2D eigenvalue weighted by Crippen LogP contribution is -2.36. The number of hydrogen-bond donors (Lipinski definition) is 1. The summed E-state index contributed by atoms with van der Waals surface area (Å²) in [5.41, 5.74) is 8.88. The number of carbonyl (C=O) groups excluding carboxylic acids is 1. The van der Waals surface area contributed by atoms with E-state index < -0.39 is 6.04 Å². The third kappa shape index (κ3) is 3.71. The molecule has 1 unspecified atom stereocenters. The smallest absolute Gasteiger partial charge is 0.244 e. The van der Waals surface area contributed by atoms with Crippen molar-refractivity contribution < 1.29 is 4.79 Å². The van der Waals surface area contributed by atoms with E-state index in [1.54, 1.807) is 11.9 Å². The molecule has 1 rings (SSSR count). The molecule has 0 heterocycles. The van der Waals surface area contributed by atoms with E-state index in [1.807, 2.05) is 38.1 Å². The zero-order valence-corrected chi connectivity index (χ0v) is 10.7. The molecule has 0 saturated carbocycles. The molecule has 0 radical (unpaired) electrons. The van der Waals surface area contributed by atoms with Gasteiger partial charge in [0.2, 0.25) is 5.91 Å². The van der Waals surface area contributed by atoms with Gasteiger partial charge in [-0.2, -0.15) is 0 Å². The number of hydrogen-bond acceptors (Lipinski definition) is 2. The highest BCUT2D eigenvalue weighted by molar-refractivity contribution is 5.83. The third-order valence-corrected chi connectivity index (χ3v) is 2.59. The third-order valence-electron chi connectivity index (χ3n) is 2.59. The summed E-state index contributed by atoms with van der Waals surface area (Å²) in [6.07, 6.45) is 0. The Labute approximate surface area is 103 Å². The van der Waals surface area contributed by atoms with E-state index in [4.69, 9.17) is 5.73 Å². The monoisotopic (exact) mass is 232 g/mol. The van der Waals surface area contributed by atoms with Crippen LogP contribution in [-0.2, 0) is 4.79 Å². The van der Waals surface area contributed by atoms with Crippen LogP contribution in [0.25, 0.3) is 0 Å². The van der Waals surface area contributed by atoms with Gasteiger partial charge in [0.1, 0.15) is 6.04 Å². The van der Waals surface area contributed by atoms with Crippen molar-refractivity contribution in [2.45, 2.75) is 19.9 Å². The lowest BCUT2D eigenvalue weighted by Gasteiger charge is -2.21. The quantitative estimate of drug-likeness (QED) is 0.807. The van der Waals surface area contributed by atoms with E-state index in [9.17, 15) is 4.79 Å². The standard InChI is InChI=1S/C14H20N2O/c1-10(2)9-16(4)14(17)13(15)12-7-5-11(3)6-8-12/h5-8,13H,1,9,15H2,2-4H3. The second-order valence-corrected chi connectivity index (χ2v) is 4.54. The zero-order valence-electron chi connectivity index (χ0n) is 10.7. The van der Waals surface area contributed by atoms with Crippen LogP contribution in [0.1, 0.15) is 24.1 Å². The second-order valence-electron chi connectivity index (χ2n) is 4.54. The molecule has 3 nitrogen and oxygen atoms in total. The van der Waals surface area contributed by atoms with E-state index in [-0.39, 0.29) is 5.91 Å². The molecule has 1 aromatic carbocycles. The first-order chi connectivity index (χ1) is 7.91. The minimum atomic E-state index is -0.597. The van der Waals surface area contributed by atoms with Crippen LogP contribution in [0.4, 0.5) is 0 Å². The Bertz CT molecular complexity index is 409. The average Bonchev–Trinajstić information content (AvgIpc) is 2.27. The Hall–Kier alpha value is -1.61. The molecule has 92 valence electrons. The number of nitrogens with two attached hydrogens (primary N) is 1. The van der Waals surface area contributed by atoms with Crippen molar-refractivity contribution in [3.63, 3.8) is 0 Å². The fourth-order valence-corrected chi connectivity index (χ4v) is 1.64. The number of carbonyl (C=O) groups is 1. The van der Waals surface area contributed by atoms with Crippen molar-refractivity contribution >= 4 is 5.91 Å². The average molecular weight is 232 g/mol. The van der Waals surface area contributed by atoms with Gasteiger partial charge in [0.15, 0.2) is 0 Å². The normalized spacial score (nSPS) is 12.0. The molecular weight excluding hydrogens is 212 g/mol. The van der Waals surface area contributed by atoms with Gasteiger partial charge in [-0.1, -0.05) is 42.0 Å². The zero-order chi connectivity index (χ0) is 13.0. The molecule has 0 saturated heterocycles. The van der Waals surface area contributed by atoms with Gasteiger partial charge in [-0.25, -0.2) is 0 Å². The van der Waals surface area contributed by atoms with E-state index in [0.717, 1.165) is 16.7 Å². The summed E-state index contributed by atoms with van der Waals surface area (Å²) in [6, 6.07) is 7.11. The fraction of sp³-hybridized carbons (Fsp3) is 0.357. The number of likely N-dealkylation sites (N-methyl/N-ethyl adjacent to an activating group) is 1. The predicted molar refractivity (Wildman–Crippen MR) is 70.6 cm³/mol. The Kier molecular flexibility index (Phi) is 4.46. The molecule has 0 aliphatic heterocycles. The van der Waals surface area contributed by atoms with E-state index in [2.05, 4.69) is 6.58 Å². The van der Waals surface area contributed by atoms with Gasteiger partial charge in [-0.3, -0.25) is 4.79 Å². The number of aryl methyl sites for hydroxylation is 1. The molecule has 17 heavy (non-hydrogen) atoms. The van der Waals surface area contributed by atoms with E-state index in [1.165, 1.54) is 0 Å². The van der Waals surface area contributed by atoms with Gasteiger partial charge in [0.05, 0.1) is 0 Å². The lowest BCUT2D eigenvalue weighted by molar-refractivity contribution is -0.131. The van der Waals surface area contributed by atoms with Crippen molar-refractivity contribution in [3.8, 4) is 0 Å². The van der Waals surface area contributed by atoms with Crippen LogP contribution in [0.3, 0.4) is 0 Å². The highest BCUT2D eigenvalue weighted by Gasteiger charge is 2.19. The van der Waals surface area contributed by atoms with Gasteiger partial charge in [-0.15, -0.1) is 0 Å². The molecule has 0 fully saturated rings. The summed E-state index contributed by atoms with van der Waals surface area (Å²) in [5.74, 6) is -0.0862. The summed E-state index contributed by atoms with van der Waals surface area (Å²) in [7, 11) is 1.74. The first kappa shape index (κ1) is 13.5. The van der Waals surface area contributed by atoms with Crippen LogP contribution in [0, 0.1) is 6.92 Å². The van der Waals surface area contributed by atoms with Gasteiger partial charge in [0, 0.05) is 13.6 Å². The van der Waals surface area contributed by atoms with Crippen molar-refractivity contribution in [1.29, 1.82) is 0 Å². The van der Waals surface area contributed by atoms with Crippen molar-refractivity contribution in [3.05, 3.63) is 47.5 Å². The minimum absolute atomic E-state index is 0.0862. The molecule has 0 aromatic heterocycles. The Morgan fingerprint density at radius 1 is 1.41 bits per heavy atom. The summed E-state index contributed by atoms with van der Waals surface area (Å²) < 4.78 is 0. The van der Waals surface area contributed by atoms with Crippen LogP contribution >= 0.6 is 0 Å². The molecule has 2 N–H and O–H groups in total. The molecule has 0 spiro atoms. The molecule has 1 amide bonds. The van der Waals surface area contributed by atoms with Crippen molar-refractivity contribution in [1.82, 2.24) is 4.90 Å². The van der Waals surface area contributed by atoms with Crippen LogP contribution in [0.2, 0.25) is 0 Å². The number of amides is 1. The summed E-state index contributed by atoms with van der Waals surface area (Å²) >= 11 is 0. The molecular formula is C14H20N2O. The van der Waals surface area contributed by atoms with E-state index in [0.29, 0.717) is 6.54 Å². The topological polar surface area (TPSA) is 46.3 Å². The number of rotatable bonds is 4. The van der Waals surface area contributed by atoms with Crippen molar-refractivity contribution in [2.75, 3.05) is 13.6 Å². The summed E-state index contributed by atoms with van der Waals surface area (Å²) in [5, 5.41) is 0. The van der Waals surface area contributed by atoms with Crippen LogP contribution in [0.5, 0.6) is 0 Å². The molecule has 1 aromatic rings. The highest BCUT2D eigenvalue weighted by atomic mass is 16.2. The molecule has 0 aliphatic rings. The first-order valence-corrected chi connectivity index (χ1v) is 5.63. The Morgan fingerprint density at radius 2 is 1.94 bits per heavy atom. The van der Waals surface area contributed by atoms with Crippen LogP contribution in [0.15, 0.2) is 36.4 Å². The Balaban J connectivity index is 2.75. The second kappa shape index (κ2) is 5.64. The largest absolute Gasteiger partial charge is 0.340 e. The van der Waals surface area contributed by atoms with Gasteiger partial charge in [0.25, 0.3) is 0 Å². The number of benzene rings is 1. The summed E-state index contributed by atoms with van der Waals surface area (Å²) in [4.78, 5) is 13.6. The van der Waals surface area contributed by atoms with Crippen molar-refractivity contribution in [2.24, 2.45) is 5.73 Å². The maximum Gasteiger partial charge on any atom is 0.244 e. The highest BCUT2D eigenvalue weighted by Crippen LogP contribution is 2.14. The maximum absolute atomic E-state index is 12.0. The Morgan fingerprint density at radius 3 is 2.41 bits per heavy atom. The molecule has 1 atom stereocenters. The minimum Gasteiger partial charge on any atom is -0.340 e. The van der Waals surface area contributed by atoms with Gasteiger partial charge >= 0.3 is 0 Å². The van der Waals surface area contributed by atoms with Crippen LogP contribution in [-0.4, -0.2) is 24.4 Å². The predicted octanol–water partition coefficient (Wildman–Crippen LogP) is 2.03. The van der Waals surface area contributed by atoms with E-state index >= 15 is 0 Å².